The molecule has 0 spiro atoms. The lowest BCUT2D eigenvalue weighted by Gasteiger charge is -2.19. The van der Waals surface area contributed by atoms with Gasteiger partial charge in [0.05, 0.1) is 11.9 Å². The smallest absolute Gasteiger partial charge is 0.262 e. The highest BCUT2D eigenvalue weighted by molar-refractivity contribution is 5.96. The third-order valence-electron chi connectivity index (χ3n) is 4.11. The van der Waals surface area contributed by atoms with Gasteiger partial charge in [-0.25, -0.2) is 9.97 Å². The Balaban J connectivity index is 1.56. The van der Waals surface area contributed by atoms with Crippen molar-refractivity contribution in [2.45, 2.75) is 0 Å². The molecule has 0 atom stereocenters. The lowest BCUT2D eigenvalue weighted by atomic mass is 10.2. The van der Waals surface area contributed by atoms with E-state index < -0.39 is 0 Å². The van der Waals surface area contributed by atoms with Gasteiger partial charge in [-0.1, -0.05) is 0 Å². The molecule has 5 rings (SSSR count). The number of pyridine rings is 1. The molecule has 1 aromatic carbocycles. The molecule has 9 heteroatoms. The number of rotatable bonds is 3. The lowest BCUT2D eigenvalue weighted by molar-refractivity contribution is -0.118. The fourth-order valence-electron chi connectivity index (χ4n) is 2.86. The van der Waals surface area contributed by atoms with Crippen LogP contribution in [0.25, 0.3) is 22.4 Å². The molecule has 3 N–H and O–H groups in total. The summed E-state index contributed by atoms with van der Waals surface area (Å²) in [5.41, 5.74) is 3.58. The number of benzene rings is 1. The molecule has 0 radical (unpaired) electrons. The quantitative estimate of drug-likeness (QED) is 0.514. The summed E-state index contributed by atoms with van der Waals surface area (Å²) in [6.07, 6.45) is 5.03. The average Bonchev–Trinajstić information content (AvgIpc) is 3.17. The molecule has 132 valence electrons. The van der Waals surface area contributed by atoms with Gasteiger partial charge in [0.25, 0.3) is 5.91 Å². The van der Waals surface area contributed by atoms with Crippen molar-refractivity contribution in [3.63, 3.8) is 0 Å². The summed E-state index contributed by atoms with van der Waals surface area (Å²) in [7, 11) is 0. The Morgan fingerprint density at radius 1 is 1.11 bits per heavy atom. The Bertz CT molecular complexity index is 1160. The monoisotopic (exact) mass is 359 g/mol. The predicted molar refractivity (Wildman–Crippen MR) is 98.8 cm³/mol. The van der Waals surface area contributed by atoms with Crippen LogP contribution >= 0.6 is 0 Å². The first kappa shape index (κ1) is 15.3. The molecule has 0 fully saturated rings. The van der Waals surface area contributed by atoms with Gasteiger partial charge >= 0.3 is 0 Å². The number of carbonyl (C=O) groups excluding carboxylic acids is 1. The molecule has 0 saturated heterocycles. The molecule has 0 aliphatic carbocycles. The maximum atomic E-state index is 11.5. The molecule has 3 aromatic heterocycles. The van der Waals surface area contributed by atoms with Crippen molar-refractivity contribution in [3.05, 3.63) is 48.9 Å². The summed E-state index contributed by atoms with van der Waals surface area (Å²) in [5.74, 6) is 1.58. The number of amides is 1. The van der Waals surface area contributed by atoms with Gasteiger partial charge in [0.1, 0.15) is 16.8 Å². The van der Waals surface area contributed by atoms with E-state index in [9.17, 15) is 4.79 Å². The number of anilines is 3. The van der Waals surface area contributed by atoms with E-state index in [0.717, 1.165) is 11.3 Å². The summed E-state index contributed by atoms with van der Waals surface area (Å²) < 4.78 is 5.39. The molecule has 4 heterocycles. The van der Waals surface area contributed by atoms with E-state index in [4.69, 9.17) is 4.74 Å². The van der Waals surface area contributed by atoms with Crippen LogP contribution in [0.4, 0.5) is 17.2 Å². The molecule has 27 heavy (non-hydrogen) atoms. The summed E-state index contributed by atoms with van der Waals surface area (Å²) in [5, 5.41) is 13.0. The number of aromatic amines is 1. The van der Waals surface area contributed by atoms with Crippen LogP contribution in [0, 0.1) is 0 Å². The second-order valence-corrected chi connectivity index (χ2v) is 5.93. The number of fused-ring (bicyclic) bond motifs is 2. The fraction of sp³-hybridized carbons (Fsp3) is 0.0556. The molecule has 0 unspecified atom stereocenters. The van der Waals surface area contributed by atoms with Crippen LogP contribution in [-0.2, 0) is 4.79 Å². The molecule has 0 saturated carbocycles. The number of aromatic nitrogens is 5. The molecule has 0 bridgehead atoms. The number of ether oxygens (including phenoxy) is 1. The molecule has 9 nitrogen and oxygen atoms in total. The normalized spacial score (nSPS) is 13.0. The standard InChI is InChI=1S/C18H13N7O2/c26-15-9-27-14-2-1-11(7-12(14)22-15)21-18-16-13(8-20-25-16)23-17(24-18)10-3-5-19-6-4-10/h1-8H,9H2,(H,20,25)(H,22,26)(H,21,23,24). The first-order chi connectivity index (χ1) is 13.3. The molecular weight excluding hydrogens is 346 g/mol. The van der Waals surface area contributed by atoms with Gasteiger partial charge in [-0.3, -0.25) is 14.9 Å². The van der Waals surface area contributed by atoms with Gasteiger partial charge < -0.3 is 15.4 Å². The second-order valence-electron chi connectivity index (χ2n) is 5.93. The van der Waals surface area contributed by atoms with Crippen molar-refractivity contribution in [2.75, 3.05) is 17.2 Å². The largest absolute Gasteiger partial charge is 0.482 e. The van der Waals surface area contributed by atoms with Crippen LogP contribution in [0.2, 0.25) is 0 Å². The number of nitrogens with one attached hydrogen (secondary N) is 3. The van der Waals surface area contributed by atoms with Gasteiger partial charge in [-0.2, -0.15) is 5.10 Å². The Hall–Kier alpha value is -4.01. The highest BCUT2D eigenvalue weighted by atomic mass is 16.5. The van der Waals surface area contributed by atoms with Crippen LogP contribution in [-0.4, -0.2) is 37.7 Å². The summed E-state index contributed by atoms with van der Waals surface area (Å²) >= 11 is 0. The average molecular weight is 359 g/mol. The SMILES string of the molecule is O=C1COc2ccc(Nc3nc(-c4ccncc4)nc4cn[nH]c34)cc2N1. The van der Waals surface area contributed by atoms with E-state index in [-0.39, 0.29) is 12.5 Å². The number of nitrogens with zero attached hydrogens (tertiary/aromatic N) is 4. The molecule has 1 amide bonds. The van der Waals surface area contributed by atoms with Crippen LogP contribution < -0.4 is 15.4 Å². The summed E-state index contributed by atoms with van der Waals surface area (Å²) in [4.78, 5) is 24.7. The Kier molecular flexibility index (Phi) is 3.42. The van der Waals surface area contributed by atoms with Crippen LogP contribution in [0.3, 0.4) is 0 Å². The van der Waals surface area contributed by atoms with Crippen molar-refractivity contribution < 1.29 is 9.53 Å². The summed E-state index contributed by atoms with van der Waals surface area (Å²) in [6.45, 7) is 0.0236. The minimum absolute atomic E-state index is 0.0236. The predicted octanol–water partition coefficient (Wildman–Crippen LogP) is 2.49. The van der Waals surface area contributed by atoms with Crippen LogP contribution in [0.5, 0.6) is 5.75 Å². The number of hydrogen-bond acceptors (Lipinski definition) is 7. The molecule has 1 aliphatic heterocycles. The van der Waals surface area contributed by atoms with Crippen LogP contribution in [0.15, 0.2) is 48.9 Å². The van der Waals surface area contributed by atoms with Crippen molar-refractivity contribution in [1.29, 1.82) is 0 Å². The fourth-order valence-corrected chi connectivity index (χ4v) is 2.86. The zero-order chi connectivity index (χ0) is 18.2. The van der Waals surface area contributed by atoms with Crippen molar-refractivity contribution in [1.82, 2.24) is 25.1 Å². The number of carbonyl (C=O) groups is 1. The highest BCUT2D eigenvalue weighted by Gasteiger charge is 2.17. The Morgan fingerprint density at radius 3 is 2.89 bits per heavy atom. The van der Waals surface area contributed by atoms with Gasteiger partial charge in [-0.15, -0.1) is 0 Å². The zero-order valence-electron chi connectivity index (χ0n) is 13.9. The zero-order valence-corrected chi connectivity index (χ0v) is 13.9. The van der Waals surface area contributed by atoms with E-state index in [1.54, 1.807) is 30.7 Å². The first-order valence-electron chi connectivity index (χ1n) is 8.21. The van der Waals surface area contributed by atoms with E-state index in [0.29, 0.717) is 34.1 Å². The molecular formula is C18H13N7O2. The van der Waals surface area contributed by atoms with Gasteiger partial charge in [0, 0.05) is 23.6 Å². The van der Waals surface area contributed by atoms with Gasteiger partial charge in [0.2, 0.25) is 0 Å². The van der Waals surface area contributed by atoms with Crippen molar-refractivity contribution >= 4 is 34.1 Å². The first-order valence-corrected chi connectivity index (χ1v) is 8.21. The number of H-pyrrole nitrogens is 1. The van der Waals surface area contributed by atoms with E-state index in [1.165, 1.54) is 0 Å². The Labute approximate surface area is 152 Å². The second kappa shape index (κ2) is 6.06. The third kappa shape index (κ3) is 2.80. The molecule has 4 aromatic rings. The van der Waals surface area contributed by atoms with Gasteiger partial charge in [-0.05, 0) is 30.3 Å². The Morgan fingerprint density at radius 2 is 2.00 bits per heavy atom. The highest BCUT2D eigenvalue weighted by Crippen LogP contribution is 2.32. The third-order valence-corrected chi connectivity index (χ3v) is 4.11. The number of hydrogen-bond donors (Lipinski definition) is 3. The van der Waals surface area contributed by atoms with E-state index in [1.807, 2.05) is 18.2 Å². The van der Waals surface area contributed by atoms with Crippen molar-refractivity contribution in [3.8, 4) is 17.1 Å². The minimum Gasteiger partial charge on any atom is -0.482 e. The van der Waals surface area contributed by atoms with E-state index >= 15 is 0 Å². The molecule has 1 aliphatic rings. The minimum atomic E-state index is -0.183. The lowest BCUT2D eigenvalue weighted by Crippen LogP contribution is -2.25. The maximum Gasteiger partial charge on any atom is 0.262 e. The van der Waals surface area contributed by atoms with Crippen molar-refractivity contribution in [2.24, 2.45) is 0 Å². The maximum absolute atomic E-state index is 11.5. The topological polar surface area (TPSA) is 118 Å². The van der Waals surface area contributed by atoms with E-state index in [2.05, 4.69) is 35.8 Å². The summed E-state index contributed by atoms with van der Waals surface area (Å²) in [6, 6.07) is 9.13. The van der Waals surface area contributed by atoms with Gasteiger partial charge in [0.15, 0.2) is 18.2 Å². The van der Waals surface area contributed by atoms with Crippen LogP contribution in [0.1, 0.15) is 0 Å².